The molecule has 0 bridgehead atoms. The molecule has 1 aliphatic heterocycles. The third kappa shape index (κ3) is 5.91. The van der Waals surface area contributed by atoms with E-state index in [1.807, 2.05) is 60.4 Å². The predicted molar refractivity (Wildman–Crippen MR) is 138 cm³/mol. The minimum absolute atomic E-state index is 0.0428. The molecule has 0 radical (unpaired) electrons. The molecule has 3 aromatic carbocycles. The molecule has 5 heteroatoms. The molecule has 4 nitrogen and oxygen atoms in total. The van der Waals surface area contributed by atoms with Crippen LogP contribution in [0.25, 0.3) is 0 Å². The molecule has 2 unspecified atom stereocenters. The third-order valence-electron chi connectivity index (χ3n) is 6.99. The number of hydrogen-bond acceptors (Lipinski definition) is 3. The minimum Gasteiger partial charge on any atom is -0.496 e. The van der Waals surface area contributed by atoms with Crippen molar-refractivity contribution in [2.75, 3.05) is 26.7 Å². The first kappa shape index (κ1) is 24.9. The van der Waals surface area contributed by atoms with Gasteiger partial charge in [-0.3, -0.25) is 9.69 Å². The molecule has 3 aromatic rings. The Labute approximate surface area is 208 Å². The summed E-state index contributed by atoms with van der Waals surface area (Å²) in [5.41, 5.74) is 3.95. The molecular weight excluding hydrogens is 439 g/mol. The highest BCUT2D eigenvalue weighted by Gasteiger charge is 2.37. The quantitative estimate of drug-likeness (QED) is 0.407. The third-order valence-corrected chi connectivity index (χ3v) is 6.99. The number of aryl methyl sites for hydroxylation is 1. The minimum atomic E-state index is -0.221. The average Bonchev–Trinajstić information content (AvgIpc) is 3.25. The smallest absolute Gasteiger partial charge is 0.254 e. The maximum atomic E-state index is 14.2. The summed E-state index contributed by atoms with van der Waals surface area (Å²) in [4.78, 5) is 17.8. The van der Waals surface area contributed by atoms with Gasteiger partial charge in [0.25, 0.3) is 5.91 Å². The van der Waals surface area contributed by atoms with E-state index in [1.165, 1.54) is 6.07 Å². The zero-order valence-corrected chi connectivity index (χ0v) is 21.1. The number of ether oxygens (including phenoxy) is 1. The van der Waals surface area contributed by atoms with Crippen molar-refractivity contribution < 1.29 is 13.9 Å². The molecule has 0 saturated carbocycles. The Morgan fingerprint density at radius 3 is 2.49 bits per heavy atom. The lowest BCUT2D eigenvalue weighted by molar-refractivity contribution is 0.0668. The van der Waals surface area contributed by atoms with E-state index in [4.69, 9.17) is 4.74 Å². The lowest BCUT2D eigenvalue weighted by Gasteiger charge is -2.32. The predicted octanol–water partition coefficient (Wildman–Crippen LogP) is 5.91. The fourth-order valence-electron chi connectivity index (χ4n) is 5.11. The molecule has 1 fully saturated rings. The van der Waals surface area contributed by atoms with E-state index >= 15 is 0 Å². The van der Waals surface area contributed by atoms with Gasteiger partial charge in [-0.25, -0.2) is 4.39 Å². The van der Waals surface area contributed by atoms with Crippen molar-refractivity contribution in [2.45, 2.75) is 39.3 Å². The van der Waals surface area contributed by atoms with Crippen LogP contribution >= 0.6 is 0 Å². The normalized spacial score (nSPS) is 18.1. The molecular formula is C30H35FN2O2. The van der Waals surface area contributed by atoms with E-state index in [9.17, 15) is 9.18 Å². The maximum absolute atomic E-state index is 14.2. The highest BCUT2D eigenvalue weighted by atomic mass is 19.1. The van der Waals surface area contributed by atoms with Gasteiger partial charge < -0.3 is 9.64 Å². The van der Waals surface area contributed by atoms with Crippen LogP contribution in [0.2, 0.25) is 0 Å². The van der Waals surface area contributed by atoms with E-state index in [-0.39, 0.29) is 29.6 Å². The van der Waals surface area contributed by atoms with Crippen LogP contribution in [0, 0.1) is 18.7 Å². The summed E-state index contributed by atoms with van der Waals surface area (Å²) in [6, 6.07) is 22.8. The van der Waals surface area contributed by atoms with Crippen molar-refractivity contribution in [3.63, 3.8) is 0 Å². The number of amides is 1. The van der Waals surface area contributed by atoms with Crippen LogP contribution < -0.4 is 4.74 Å². The largest absolute Gasteiger partial charge is 0.496 e. The topological polar surface area (TPSA) is 32.8 Å². The molecule has 2 atom stereocenters. The summed E-state index contributed by atoms with van der Waals surface area (Å²) in [7, 11) is 1.69. The van der Waals surface area contributed by atoms with Crippen molar-refractivity contribution in [1.29, 1.82) is 0 Å². The summed E-state index contributed by atoms with van der Waals surface area (Å²) in [6.45, 7) is 9.14. The van der Waals surface area contributed by atoms with Gasteiger partial charge >= 0.3 is 0 Å². The summed E-state index contributed by atoms with van der Waals surface area (Å²) in [5.74, 6) is 1.01. The van der Waals surface area contributed by atoms with Crippen molar-refractivity contribution in [3.8, 4) is 5.75 Å². The summed E-state index contributed by atoms with van der Waals surface area (Å²) >= 11 is 0. The Balaban J connectivity index is 1.59. The van der Waals surface area contributed by atoms with Gasteiger partial charge in [0, 0.05) is 49.3 Å². The Hall–Kier alpha value is -3.18. The highest BCUT2D eigenvalue weighted by Crippen LogP contribution is 2.36. The molecule has 0 spiro atoms. The number of rotatable bonds is 8. The van der Waals surface area contributed by atoms with E-state index in [1.54, 1.807) is 19.2 Å². The number of likely N-dealkylation sites (tertiary alicyclic amines) is 1. The summed E-state index contributed by atoms with van der Waals surface area (Å²) in [6.07, 6.45) is 0. The van der Waals surface area contributed by atoms with E-state index in [2.05, 4.69) is 24.8 Å². The zero-order chi connectivity index (χ0) is 24.9. The first-order chi connectivity index (χ1) is 16.9. The highest BCUT2D eigenvalue weighted by molar-refractivity contribution is 5.94. The molecule has 1 aliphatic rings. The monoisotopic (exact) mass is 474 g/mol. The van der Waals surface area contributed by atoms with Crippen LogP contribution in [0.15, 0.2) is 72.8 Å². The number of carbonyl (C=O) groups is 1. The van der Waals surface area contributed by atoms with Gasteiger partial charge in [-0.15, -0.1) is 0 Å². The fourth-order valence-corrected chi connectivity index (χ4v) is 5.11. The second-order valence-electron chi connectivity index (χ2n) is 9.84. The molecule has 0 N–H and O–H groups in total. The van der Waals surface area contributed by atoms with Crippen LogP contribution in [0.1, 0.15) is 46.8 Å². The number of nitrogens with zero attached hydrogens (tertiary/aromatic N) is 2. The Morgan fingerprint density at radius 2 is 1.80 bits per heavy atom. The second-order valence-corrected chi connectivity index (χ2v) is 9.84. The molecule has 1 saturated heterocycles. The molecule has 0 aliphatic carbocycles. The SMILES string of the molecule is COc1ccccc1CN1CC(CN(C(=O)c2ccc(C)cc2)C(C)C)C(c2cccc(F)c2)C1. The lowest BCUT2D eigenvalue weighted by atomic mass is 9.88. The van der Waals surface area contributed by atoms with Crippen LogP contribution in [-0.2, 0) is 6.54 Å². The van der Waals surface area contributed by atoms with Gasteiger partial charge in [0.05, 0.1) is 7.11 Å². The number of carbonyl (C=O) groups excluding carboxylic acids is 1. The first-order valence-electron chi connectivity index (χ1n) is 12.3. The molecule has 1 amide bonds. The molecule has 4 rings (SSSR count). The second kappa shape index (κ2) is 11.0. The van der Waals surface area contributed by atoms with Gasteiger partial charge in [-0.05, 0) is 62.6 Å². The van der Waals surface area contributed by atoms with Gasteiger partial charge in [-0.2, -0.15) is 0 Å². The van der Waals surface area contributed by atoms with Crippen LogP contribution in [-0.4, -0.2) is 48.5 Å². The van der Waals surface area contributed by atoms with Gasteiger partial charge in [0.15, 0.2) is 0 Å². The van der Waals surface area contributed by atoms with Gasteiger partial charge in [-0.1, -0.05) is 48.0 Å². The van der Waals surface area contributed by atoms with Gasteiger partial charge in [0.2, 0.25) is 0 Å². The van der Waals surface area contributed by atoms with Crippen molar-refractivity contribution in [3.05, 3.63) is 101 Å². The van der Waals surface area contributed by atoms with Crippen LogP contribution in [0.3, 0.4) is 0 Å². The van der Waals surface area contributed by atoms with E-state index in [0.717, 1.165) is 42.1 Å². The molecule has 184 valence electrons. The number of benzene rings is 3. The number of halogens is 1. The number of hydrogen-bond donors (Lipinski definition) is 0. The Morgan fingerprint density at radius 1 is 1.06 bits per heavy atom. The first-order valence-corrected chi connectivity index (χ1v) is 12.3. The van der Waals surface area contributed by atoms with E-state index < -0.39 is 0 Å². The zero-order valence-electron chi connectivity index (χ0n) is 21.1. The van der Waals surface area contributed by atoms with E-state index in [0.29, 0.717) is 12.1 Å². The average molecular weight is 475 g/mol. The van der Waals surface area contributed by atoms with Crippen molar-refractivity contribution in [2.24, 2.45) is 5.92 Å². The fraction of sp³-hybridized carbons (Fsp3) is 0.367. The lowest BCUT2D eigenvalue weighted by Crippen LogP contribution is -2.42. The number of para-hydroxylation sites is 1. The molecule has 35 heavy (non-hydrogen) atoms. The van der Waals surface area contributed by atoms with Crippen LogP contribution in [0.4, 0.5) is 4.39 Å². The summed E-state index contributed by atoms with van der Waals surface area (Å²) < 4.78 is 19.7. The standard InChI is InChI=1S/C30H35FN2O2/c1-21(2)33(30(34)23-14-12-22(3)13-15-23)19-26-18-32(17-25-8-5-6-11-29(25)35-4)20-28(26)24-9-7-10-27(31)16-24/h5-16,21,26,28H,17-20H2,1-4H3. The molecule has 1 heterocycles. The van der Waals surface area contributed by atoms with Crippen molar-refractivity contribution in [1.82, 2.24) is 9.80 Å². The number of methoxy groups -OCH3 is 1. The van der Waals surface area contributed by atoms with Crippen LogP contribution in [0.5, 0.6) is 5.75 Å². The maximum Gasteiger partial charge on any atom is 0.254 e. The summed E-state index contributed by atoms with van der Waals surface area (Å²) in [5, 5.41) is 0. The molecule has 0 aromatic heterocycles. The van der Waals surface area contributed by atoms with Gasteiger partial charge in [0.1, 0.15) is 11.6 Å². The van der Waals surface area contributed by atoms with Crippen molar-refractivity contribution >= 4 is 5.91 Å². The Kier molecular flexibility index (Phi) is 7.86. The Bertz CT molecular complexity index is 1150.